The zero-order valence-electron chi connectivity index (χ0n) is 7.63. The van der Waals surface area contributed by atoms with Gasteiger partial charge in [0.1, 0.15) is 11.6 Å². The second-order valence-corrected chi connectivity index (χ2v) is 2.84. The van der Waals surface area contributed by atoms with Crippen LogP contribution >= 0.6 is 0 Å². The van der Waals surface area contributed by atoms with E-state index in [4.69, 9.17) is 0 Å². The Morgan fingerprint density at radius 3 is 2.50 bits per heavy atom. The molecule has 4 heteroatoms. The van der Waals surface area contributed by atoms with Crippen LogP contribution in [-0.4, -0.2) is 23.1 Å². The van der Waals surface area contributed by atoms with Crippen molar-refractivity contribution in [2.24, 2.45) is 0 Å². The first-order valence-corrected chi connectivity index (χ1v) is 3.98. The average molecular weight is 166 g/mol. The Morgan fingerprint density at radius 2 is 1.92 bits per heavy atom. The van der Waals surface area contributed by atoms with Crippen molar-refractivity contribution in [1.82, 2.24) is 9.97 Å². The molecule has 0 aliphatic heterocycles. The van der Waals surface area contributed by atoms with Gasteiger partial charge in [0.05, 0.1) is 12.4 Å². The molecule has 0 aliphatic rings. The Hall–Kier alpha value is -1.32. The largest absolute Gasteiger partial charge is 0.372 e. The standard InChI is InChI=1S/C8H14N4/c1-6(2)11-8-5-10-4-7(9-3)12-8/h4-6H,1-3H3,(H2,9,11,12). The van der Waals surface area contributed by atoms with Crippen LogP contribution in [0.2, 0.25) is 0 Å². The van der Waals surface area contributed by atoms with Gasteiger partial charge in [0.15, 0.2) is 0 Å². The normalized spacial score (nSPS) is 10.0. The highest BCUT2D eigenvalue weighted by Gasteiger charge is 1.97. The molecule has 1 rings (SSSR count). The number of hydrogen-bond acceptors (Lipinski definition) is 4. The Labute approximate surface area is 72.4 Å². The first-order chi connectivity index (χ1) is 5.72. The van der Waals surface area contributed by atoms with Crippen molar-refractivity contribution < 1.29 is 0 Å². The highest BCUT2D eigenvalue weighted by Crippen LogP contribution is 2.06. The number of hydrogen-bond donors (Lipinski definition) is 2. The molecule has 2 N–H and O–H groups in total. The lowest BCUT2D eigenvalue weighted by Gasteiger charge is -2.08. The highest BCUT2D eigenvalue weighted by molar-refractivity contribution is 5.41. The summed E-state index contributed by atoms with van der Waals surface area (Å²) in [6.45, 7) is 4.13. The summed E-state index contributed by atoms with van der Waals surface area (Å²) in [7, 11) is 1.82. The SMILES string of the molecule is CNc1cncc(NC(C)C)n1. The smallest absolute Gasteiger partial charge is 0.147 e. The molecule has 1 heterocycles. The fourth-order valence-electron chi connectivity index (χ4n) is 0.852. The third-order valence-corrected chi connectivity index (χ3v) is 1.33. The summed E-state index contributed by atoms with van der Waals surface area (Å²) in [5, 5.41) is 6.09. The molecule has 0 spiro atoms. The molecule has 0 unspecified atom stereocenters. The van der Waals surface area contributed by atoms with Crippen molar-refractivity contribution in [2.45, 2.75) is 19.9 Å². The number of anilines is 2. The molecule has 0 aromatic carbocycles. The molecule has 0 amide bonds. The third kappa shape index (κ3) is 2.38. The molecule has 0 saturated carbocycles. The van der Waals surface area contributed by atoms with Crippen LogP contribution in [0.15, 0.2) is 12.4 Å². The van der Waals surface area contributed by atoms with Crippen LogP contribution in [0.3, 0.4) is 0 Å². The zero-order chi connectivity index (χ0) is 8.97. The average Bonchev–Trinajstić information content (AvgIpc) is 2.03. The van der Waals surface area contributed by atoms with E-state index in [0.717, 1.165) is 11.6 Å². The molecular weight excluding hydrogens is 152 g/mol. The van der Waals surface area contributed by atoms with Gasteiger partial charge in [-0.15, -0.1) is 0 Å². The van der Waals surface area contributed by atoms with E-state index in [2.05, 4.69) is 34.4 Å². The lowest BCUT2D eigenvalue weighted by molar-refractivity contribution is 0.886. The van der Waals surface area contributed by atoms with E-state index in [1.54, 1.807) is 12.4 Å². The van der Waals surface area contributed by atoms with Crippen molar-refractivity contribution in [1.29, 1.82) is 0 Å². The van der Waals surface area contributed by atoms with Gasteiger partial charge in [0.2, 0.25) is 0 Å². The van der Waals surface area contributed by atoms with Crippen molar-refractivity contribution in [3.8, 4) is 0 Å². The molecule has 0 radical (unpaired) electrons. The van der Waals surface area contributed by atoms with Crippen LogP contribution in [0.5, 0.6) is 0 Å². The molecule has 0 aliphatic carbocycles. The van der Waals surface area contributed by atoms with E-state index in [1.165, 1.54) is 0 Å². The van der Waals surface area contributed by atoms with Gasteiger partial charge in [-0.25, -0.2) is 4.98 Å². The Morgan fingerprint density at radius 1 is 1.25 bits per heavy atom. The quantitative estimate of drug-likeness (QED) is 0.711. The summed E-state index contributed by atoms with van der Waals surface area (Å²) in [5.74, 6) is 1.58. The van der Waals surface area contributed by atoms with E-state index >= 15 is 0 Å². The molecule has 0 fully saturated rings. The van der Waals surface area contributed by atoms with E-state index in [1.807, 2.05) is 7.05 Å². The number of aromatic nitrogens is 2. The molecule has 0 saturated heterocycles. The van der Waals surface area contributed by atoms with Crippen LogP contribution < -0.4 is 10.6 Å². The van der Waals surface area contributed by atoms with E-state index in [9.17, 15) is 0 Å². The summed E-state index contributed by atoms with van der Waals surface area (Å²) in [5.41, 5.74) is 0. The van der Waals surface area contributed by atoms with Gasteiger partial charge in [-0.05, 0) is 13.8 Å². The second kappa shape index (κ2) is 3.90. The first-order valence-electron chi connectivity index (χ1n) is 3.98. The maximum Gasteiger partial charge on any atom is 0.147 e. The van der Waals surface area contributed by atoms with Gasteiger partial charge >= 0.3 is 0 Å². The van der Waals surface area contributed by atoms with Gasteiger partial charge < -0.3 is 10.6 Å². The summed E-state index contributed by atoms with van der Waals surface area (Å²) >= 11 is 0. The molecule has 4 nitrogen and oxygen atoms in total. The molecule has 0 atom stereocenters. The molecule has 0 bridgehead atoms. The van der Waals surface area contributed by atoms with Crippen LogP contribution in [0.1, 0.15) is 13.8 Å². The minimum atomic E-state index is 0.381. The molecule has 1 aromatic heterocycles. The topological polar surface area (TPSA) is 49.8 Å². The first kappa shape index (κ1) is 8.77. The Kier molecular flexibility index (Phi) is 2.85. The second-order valence-electron chi connectivity index (χ2n) is 2.84. The maximum absolute atomic E-state index is 4.25. The Balaban J connectivity index is 2.72. The van der Waals surface area contributed by atoms with Crippen LogP contribution in [-0.2, 0) is 0 Å². The van der Waals surface area contributed by atoms with E-state index < -0.39 is 0 Å². The Bertz CT molecular complexity index is 247. The van der Waals surface area contributed by atoms with Crippen LogP contribution in [0.25, 0.3) is 0 Å². The predicted molar refractivity (Wildman–Crippen MR) is 50.3 cm³/mol. The summed E-state index contributed by atoms with van der Waals surface area (Å²) in [6.07, 6.45) is 3.40. The molecule has 12 heavy (non-hydrogen) atoms. The van der Waals surface area contributed by atoms with Crippen LogP contribution in [0, 0.1) is 0 Å². The number of nitrogens with zero attached hydrogens (tertiary/aromatic N) is 2. The lowest BCUT2D eigenvalue weighted by atomic mass is 10.4. The van der Waals surface area contributed by atoms with Crippen molar-refractivity contribution in [3.63, 3.8) is 0 Å². The molecule has 66 valence electrons. The summed E-state index contributed by atoms with van der Waals surface area (Å²) in [4.78, 5) is 8.27. The fraction of sp³-hybridized carbons (Fsp3) is 0.500. The van der Waals surface area contributed by atoms with Gasteiger partial charge in [0.25, 0.3) is 0 Å². The minimum Gasteiger partial charge on any atom is -0.372 e. The fourth-order valence-corrected chi connectivity index (χ4v) is 0.852. The maximum atomic E-state index is 4.25. The van der Waals surface area contributed by atoms with E-state index in [-0.39, 0.29) is 0 Å². The summed E-state index contributed by atoms with van der Waals surface area (Å²) < 4.78 is 0. The third-order valence-electron chi connectivity index (χ3n) is 1.33. The minimum absolute atomic E-state index is 0.381. The highest BCUT2D eigenvalue weighted by atomic mass is 15.1. The van der Waals surface area contributed by atoms with Gasteiger partial charge in [-0.3, -0.25) is 4.98 Å². The number of nitrogens with one attached hydrogen (secondary N) is 2. The summed E-state index contributed by atoms with van der Waals surface area (Å²) in [6, 6.07) is 0.381. The molecular formula is C8H14N4. The van der Waals surface area contributed by atoms with Gasteiger partial charge in [-0.2, -0.15) is 0 Å². The lowest BCUT2D eigenvalue weighted by Crippen LogP contribution is -2.11. The molecule has 1 aromatic rings. The van der Waals surface area contributed by atoms with E-state index in [0.29, 0.717) is 6.04 Å². The van der Waals surface area contributed by atoms with Crippen molar-refractivity contribution in [2.75, 3.05) is 17.7 Å². The van der Waals surface area contributed by atoms with Gasteiger partial charge in [-0.1, -0.05) is 0 Å². The van der Waals surface area contributed by atoms with Crippen molar-refractivity contribution >= 4 is 11.6 Å². The monoisotopic (exact) mass is 166 g/mol. The predicted octanol–water partition coefficient (Wildman–Crippen LogP) is 1.34. The zero-order valence-corrected chi connectivity index (χ0v) is 7.63. The number of rotatable bonds is 3. The van der Waals surface area contributed by atoms with Gasteiger partial charge in [0, 0.05) is 13.1 Å². The van der Waals surface area contributed by atoms with Crippen molar-refractivity contribution in [3.05, 3.63) is 12.4 Å². The van der Waals surface area contributed by atoms with Crippen LogP contribution in [0.4, 0.5) is 11.6 Å².